The Hall–Kier alpha value is -1.76. The normalized spacial score (nSPS) is 13.6. The molecule has 1 aromatic carbocycles. The molecule has 0 saturated heterocycles. The van der Waals surface area contributed by atoms with Gasteiger partial charge >= 0.3 is 0 Å². The van der Waals surface area contributed by atoms with E-state index in [1.807, 2.05) is 35.7 Å². The first-order valence-electron chi connectivity index (χ1n) is 6.71. The molecule has 0 aliphatic carbocycles. The molecular weight excluding hydrogens is 286 g/mol. The number of carbonyl (C=O) groups is 1. The molecule has 0 fully saturated rings. The van der Waals surface area contributed by atoms with Crippen molar-refractivity contribution in [2.45, 2.75) is 18.6 Å². The molecule has 6 heteroatoms. The summed E-state index contributed by atoms with van der Waals surface area (Å²) in [6, 6.07) is 9.54. The van der Waals surface area contributed by atoms with Crippen molar-refractivity contribution in [1.29, 1.82) is 0 Å². The van der Waals surface area contributed by atoms with Crippen LogP contribution in [0.3, 0.4) is 0 Å². The number of benzene rings is 1. The number of methoxy groups -OCH3 is 1. The molecule has 5 nitrogen and oxygen atoms in total. The Kier molecular flexibility index (Phi) is 5.86. The minimum Gasteiger partial charge on any atom is -0.380 e. The predicted octanol–water partition coefficient (Wildman–Crippen LogP) is 1.71. The molecule has 2 atom stereocenters. The Morgan fingerprint density at radius 3 is 2.76 bits per heavy atom. The Labute approximate surface area is 128 Å². The molecule has 0 saturated carbocycles. The van der Waals surface area contributed by atoms with Crippen LogP contribution in [-0.2, 0) is 9.53 Å². The molecule has 1 amide bonds. The molecule has 0 bridgehead atoms. The van der Waals surface area contributed by atoms with Crippen molar-refractivity contribution >= 4 is 17.2 Å². The topological polar surface area (TPSA) is 77.2 Å². The first-order valence-corrected chi connectivity index (χ1v) is 7.59. The SMILES string of the molecule is COC(CN)CC(=O)NC(c1ccccc1)c1nccs1. The summed E-state index contributed by atoms with van der Waals surface area (Å²) < 4.78 is 5.15. The molecule has 0 spiro atoms. The number of thiazole rings is 1. The first-order chi connectivity index (χ1) is 10.2. The van der Waals surface area contributed by atoms with Crippen molar-refractivity contribution in [2.24, 2.45) is 5.73 Å². The molecule has 21 heavy (non-hydrogen) atoms. The fourth-order valence-electron chi connectivity index (χ4n) is 2.00. The van der Waals surface area contributed by atoms with Gasteiger partial charge in [0.2, 0.25) is 5.91 Å². The summed E-state index contributed by atoms with van der Waals surface area (Å²) in [4.78, 5) is 16.5. The van der Waals surface area contributed by atoms with Crippen LogP contribution < -0.4 is 11.1 Å². The van der Waals surface area contributed by atoms with Gasteiger partial charge in [-0.05, 0) is 5.56 Å². The lowest BCUT2D eigenvalue weighted by molar-refractivity contribution is -0.123. The fraction of sp³-hybridized carbons (Fsp3) is 0.333. The monoisotopic (exact) mass is 305 g/mol. The van der Waals surface area contributed by atoms with Gasteiger partial charge in [-0.1, -0.05) is 30.3 Å². The van der Waals surface area contributed by atoms with Gasteiger partial charge in [-0.15, -0.1) is 11.3 Å². The smallest absolute Gasteiger partial charge is 0.223 e. The third-order valence-corrected chi connectivity index (χ3v) is 3.99. The summed E-state index contributed by atoms with van der Waals surface area (Å²) in [6.07, 6.45) is 1.71. The van der Waals surface area contributed by atoms with Crippen LogP contribution >= 0.6 is 11.3 Å². The number of hydrogen-bond acceptors (Lipinski definition) is 5. The van der Waals surface area contributed by atoms with Crippen molar-refractivity contribution < 1.29 is 9.53 Å². The van der Waals surface area contributed by atoms with E-state index in [2.05, 4.69) is 10.3 Å². The molecule has 0 aliphatic heterocycles. The quantitative estimate of drug-likeness (QED) is 0.816. The second-order valence-corrected chi connectivity index (χ2v) is 5.51. The largest absolute Gasteiger partial charge is 0.380 e. The zero-order chi connectivity index (χ0) is 15.1. The minimum absolute atomic E-state index is 0.101. The van der Waals surface area contributed by atoms with Crippen LogP contribution in [0.25, 0.3) is 0 Å². The molecule has 0 radical (unpaired) electrons. The lowest BCUT2D eigenvalue weighted by atomic mass is 10.1. The van der Waals surface area contributed by atoms with E-state index in [1.54, 1.807) is 13.3 Å². The van der Waals surface area contributed by atoms with Crippen molar-refractivity contribution in [2.75, 3.05) is 13.7 Å². The first kappa shape index (κ1) is 15.6. The third-order valence-electron chi connectivity index (χ3n) is 3.15. The number of rotatable bonds is 7. The molecular formula is C15H19N3O2S. The summed E-state index contributed by atoms with van der Waals surface area (Å²) in [7, 11) is 1.56. The third kappa shape index (κ3) is 4.35. The van der Waals surface area contributed by atoms with Gasteiger partial charge < -0.3 is 15.8 Å². The number of aromatic nitrogens is 1. The summed E-state index contributed by atoms with van der Waals surface area (Å²) in [5.41, 5.74) is 6.56. The standard InChI is InChI=1S/C15H19N3O2S/c1-20-12(10-16)9-13(19)18-14(15-17-7-8-21-15)11-5-3-2-4-6-11/h2-8,12,14H,9-10,16H2,1H3,(H,18,19). The van der Waals surface area contributed by atoms with E-state index in [9.17, 15) is 4.79 Å². The van der Waals surface area contributed by atoms with Crippen molar-refractivity contribution in [1.82, 2.24) is 10.3 Å². The highest BCUT2D eigenvalue weighted by atomic mass is 32.1. The van der Waals surface area contributed by atoms with Crippen LogP contribution in [0, 0.1) is 0 Å². The van der Waals surface area contributed by atoms with Gasteiger partial charge in [0.05, 0.1) is 12.5 Å². The predicted molar refractivity (Wildman–Crippen MR) is 83.0 cm³/mol. The zero-order valence-electron chi connectivity index (χ0n) is 11.9. The number of carbonyl (C=O) groups excluding carboxylic acids is 1. The fourth-order valence-corrected chi connectivity index (χ4v) is 2.71. The lowest BCUT2D eigenvalue weighted by Gasteiger charge is -2.19. The molecule has 1 heterocycles. The van der Waals surface area contributed by atoms with Crippen molar-refractivity contribution in [3.8, 4) is 0 Å². The van der Waals surface area contributed by atoms with Crippen LogP contribution in [0.2, 0.25) is 0 Å². The number of hydrogen-bond donors (Lipinski definition) is 2. The van der Waals surface area contributed by atoms with Crippen LogP contribution in [0.5, 0.6) is 0 Å². The zero-order valence-corrected chi connectivity index (χ0v) is 12.7. The maximum absolute atomic E-state index is 12.2. The summed E-state index contributed by atoms with van der Waals surface area (Å²) in [6.45, 7) is 0.317. The molecule has 2 aromatic rings. The number of nitrogens with two attached hydrogens (primary N) is 1. The molecule has 2 unspecified atom stereocenters. The maximum Gasteiger partial charge on any atom is 0.223 e. The number of nitrogens with zero attached hydrogens (tertiary/aromatic N) is 1. The molecule has 2 rings (SSSR count). The molecule has 0 aliphatic rings. The van der Waals surface area contributed by atoms with Gasteiger partial charge in [0, 0.05) is 25.2 Å². The Morgan fingerprint density at radius 1 is 1.43 bits per heavy atom. The summed E-state index contributed by atoms with van der Waals surface area (Å²) in [5, 5.41) is 5.76. The van der Waals surface area contributed by atoms with E-state index in [0.29, 0.717) is 6.54 Å². The Morgan fingerprint density at radius 2 is 2.19 bits per heavy atom. The van der Waals surface area contributed by atoms with E-state index in [0.717, 1.165) is 10.6 Å². The summed E-state index contributed by atoms with van der Waals surface area (Å²) in [5.74, 6) is -0.101. The second kappa shape index (κ2) is 7.87. The molecule has 112 valence electrons. The van der Waals surface area contributed by atoms with E-state index < -0.39 is 0 Å². The van der Waals surface area contributed by atoms with Gasteiger partial charge in [-0.3, -0.25) is 4.79 Å². The van der Waals surface area contributed by atoms with Gasteiger partial charge in [0.25, 0.3) is 0 Å². The highest BCUT2D eigenvalue weighted by Gasteiger charge is 2.20. The van der Waals surface area contributed by atoms with Crippen LogP contribution in [0.1, 0.15) is 23.0 Å². The van der Waals surface area contributed by atoms with Crippen molar-refractivity contribution in [3.05, 3.63) is 52.5 Å². The number of ether oxygens (including phenoxy) is 1. The molecule has 3 N–H and O–H groups in total. The minimum atomic E-state index is -0.266. The number of nitrogens with one attached hydrogen (secondary N) is 1. The highest BCUT2D eigenvalue weighted by molar-refractivity contribution is 7.09. The van der Waals surface area contributed by atoms with Crippen LogP contribution in [0.4, 0.5) is 0 Å². The second-order valence-electron chi connectivity index (χ2n) is 4.58. The van der Waals surface area contributed by atoms with E-state index in [1.165, 1.54) is 11.3 Å². The van der Waals surface area contributed by atoms with E-state index >= 15 is 0 Å². The van der Waals surface area contributed by atoms with Gasteiger partial charge in [-0.25, -0.2) is 4.98 Å². The van der Waals surface area contributed by atoms with Gasteiger partial charge in [0.15, 0.2) is 0 Å². The Balaban J connectivity index is 2.12. The number of amides is 1. The van der Waals surface area contributed by atoms with Crippen LogP contribution in [-0.4, -0.2) is 30.6 Å². The summed E-state index contributed by atoms with van der Waals surface area (Å²) >= 11 is 1.52. The van der Waals surface area contributed by atoms with E-state index in [-0.39, 0.29) is 24.5 Å². The van der Waals surface area contributed by atoms with Crippen molar-refractivity contribution in [3.63, 3.8) is 0 Å². The highest BCUT2D eigenvalue weighted by Crippen LogP contribution is 2.23. The lowest BCUT2D eigenvalue weighted by Crippen LogP contribution is -2.34. The van der Waals surface area contributed by atoms with Crippen LogP contribution in [0.15, 0.2) is 41.9 Å². The maximum atomic E-state index is 12.2. The van der Waals surface area contributed by atoms with E-state index in [4.69, 9.17) is 10.5 Å². The van der Waals surface area contributed by atoms with Gasteiger partial charge in [-0.2, -0.15) is 0 Å². The average molecular weight is 305 g/mol. The average Bonchev–Trinajstić information content (AvgIpc) is 3.05. The molecule has 1 aromatic heterocycles. The Bertz CT molecular complexity index is 541. The van der Waals surface area contributed by atoms with Gasteiger partial charge in [0.1, 0.15) is 11.0 Å².